The van der Waals surface area contributed by atoms with Gasteiger partial charge in [0.1, 0.15) is 6.20 Å². The average molecular weight is 275 g/mol. The Morgan fingerprint density at radius 3 is 2.73 bits per heavy atom. The molecule has 7 heteroatoms. The number of rotatable bonds is 3. The third-order valence-corrected chi connectivity index (χ3v) is 2.55. The number of halogens is 1. The Hall–Kier alpha value is -1.50. The van der Waals surface area contributed by atoms with Gasteiger partial charge in [-0.1, -0.05) is 0 Å². The molecular weight excluding hydrogens is 268 g/mol. The number of carboxylic acids is 1. The van der Waals surface area contributed by atoms with Crippen molar-refractivity contribution in [3.05, 3.63) is 32.5 Å². The largest absolute Gasteiger partial charge is 0.481 e. The van der Waals surface area contributed by atoms with Crippen molar-refractivity contribution in [2.24, 2.45) is 0 Å². The molecule has 0 spiro atoms. The third-order valence-electron chi connectivity index (χ3n) is 1.92. The van der Waals surface area contributed by atoms with Gasteiger partial charge in [0.15, 0.2) is 0 Å². The topological polar surface area (TPSA) is 93.3 Å². The van der Waals surface area contributed by atoms with Gasteiger partial charge in [-0.25, -0.2) is 0 Å². The van der Waals surface area contributed by atoms with Gasteiger partial charge >= 0.3 is 5.97 Å². The summed E-state index contributed by atoms with van der Waals surface area (Å²) in [6.07, 6.45) is 2.38. The van der Waals surface area contributed by atoms with Crippen molar-refractivity contribution >= 4 is 27.6 Å². The zero-order valence-corrected chi connectivity index (χ0v) is 9.26. The minimum atomic E-state index is -1.12. The van der Waals surface area contributed by atoms with Crippen LogP contribution in [0.1, 0.15) is 18.4 Å². The van der Waals surface area contributed by atoms with Crippen LogP contribution in [0, 0.1) is 10.1 Å². The molecule has 1 aromatic heterocycles. The number of aromatic nitrogens is 1. The number of nitro groups is 1. The van der Waals surface area contributed by atoms with Gasteiger partial charge < -0.3 is 5.11 Å². The highest BCUT2D eigenvalue weighted by Gasteiger charge is 2.26. The SMILES string of the molecule is CC(C(=O)O)c1c(Br)cncc1[N+](=O)[O-]. The second-order valence-corrected chi connectivity index (χ2v) is 3.73. The van der Waals surface area contributed by atoms with E-state index in [1.54, 1.807) is 0 Å². The highest BCUT2D eigenvalue weighted by Crippen LogP contribution is 2.32. The first kappa shape index (κ1) is 11.6. The summed E-state index contributed by atoms with van der Waals surface area (Å²) >= 11 is 3.05. The molecule has 0 saturated heterocycles. The lowest BCUT2D eigenvalue weighted by Crippen LogP contribution is -2.10. The van der Waals surface area contributed by atoms with Crippen LogP contribution in [-0.2, 0) is 4.79 Å². The molecular formula is C8H7BrN2O4. The Bertz CT molecular complexity index is 421. The van der Waals surface area contributed by atoms with Gasteiger partial charge in [-0.3, -0.25) is 19.9 Å². The van der Waals surface area contributed by atoms with Crippen LogP contribution in [0.15, 0.2) is 16.9 Å². The molecule has 15 heavy (non-hydrogen) atoms. The summed E-state index contributed by atoms with van der Waals surface area (Å²) in [5, 5.41) is 19.5. The number of hydrogen-bond acceptors (Lipinski definition) is 4. The van der Waals surface area contributed by atoms with Crippen molar-refractivity contribution in [1.29, 1.82) is 0 Å². The molecule has 1 aromatic rings. The van der Waals surface area contributed by atoms with E-state index in [9.17, 15) is 14.9 Å². The molecule has 0 aliphatic carbocycles. The second kappa shape index (κ2) is 4.35. The fraction of sp³-hybridized carbons (Fsp3) is 0.250. The minimum absolute atomic E-state index is 0.127. The quantitative estimate of drug-likeness (QED) is 0.672. The lowest BCUT2D eigenvalue weighted by molar-refractivity contribution is -0.386. The Morgan fingerprint density at radius 2 is 2.27 bits per heavy atom. The molecule has 1 N–H and O–H groups in total. The van der Waals surface area contributed by atoms with Crippen LogP contribution in [0.3, 0.4) is 0 Å². The van der Waals surface area contributed by atoms with Crippen LogP contribution < -0.4 is 0 Å². The van der Waals surface area contributed by atoms with Crippen LogP contribution >= 0.6 is 15.9 Å². The lowest BCUT2D eigenvalue weighted by Gasteiger charge is -2.08. The van der Waals surface area contributed by atoms with Crippen LogP contribution in [0.5, 0.6) is 0 Å². The number of carbonyl (C=O) groups is 1. The number of aliphatic carboxylic acids is 1. The van der Waals surface area contributed by atoms with Crippen LogP contribution in [0.25, 0.3) is 0 Å². The first-order valence-corrected chi connectivity index (χ1v) is 4.75. The zero-order valence-electron chi connectivity index (χ0n) is 7.68. The maximum absolute atomic E-state index is 10.8. The summed E-state index contributed by atoms with van der Waals surface area (Å²) in [4.78, 5) is 24.4. The van der Waals surface area contributed by atoms with E-state index in [0.29, 0.717) is 4.47 Å². The molecule has 0 fully saturated rings. The molecule has 80 valence electrons. The Balaban J connectivity index is 3.37. The van der Waals surface area contributed by atoms with Gasteiger partial charge in [-0.15, -0.1) is 0 Å². The molecule has 0 aromatic carbocycles. The van der Waals surface area contributed by atoms with E-state index in [2.05, 4.69) is 20.9 Å². The molecule has 6 nitrogen and oxygen atoms in total. The van der Waals surface area contributed by atoms with Gasteiger partial charge in [-0.05, 0) is 22.9 Å². The van der Waals surface area contributed by atoms with Crippen molar-refractivity contribution in [3.8, 4) is 0 Å². The van der Waals surface area contributed by atoms with Crippen molar-refractivity contribution in [2.45, 2.75) is 12.8 Å². The van der Waals surface area contributed by atoms with E-state index in [0.717, 1.165) is 6.20 Å². The number of carboxylic acid groups (broad SMARTS) is 1. The summed E-state index contributed by atoms with van der Waals surface area (Å²) in [7, 11) is 0. The Labute approximate surface area is 93.2 Å². The molecule has 0 aliphatic rings. The van der Waals surface area contributed by atoms with Crippen molar-refractivity contribution < 1.29 is 14.8 Å². The van der Waals surface area contributed by atoms with Crippen molar-refractivity contribution in [1.82, 2.24) is 4.98 Å². The molecule has 0 bridgehead atoms. The molecule has 1 unspecified atom stereocenters. The highest BCUT2D eigenvalue weighted by atomic mass is 79.9. The van der Waals surface area contributed by atoms with E-state index < -0.39 is 16.8 Å². The zero-order chi connectivity index (χ0) is 11.6. The minimum Gasteiger partial charge on any atom is -0.481 e. The normalized spacial score (nSPS) is 12.1. The van der Waals surface area contributed by atoms with Crippen LogP contribution in [-0.4, -0.2) is 21.0 Å². The lowest BCUT2D eigenvalue weighted by atomic mass is 10.0. The van der Waals surface area contributed by atoms with E-state index in [1.807, 2.05) is 0 Å². The summed E-state index contributed by atoms with van der Waals surface area (Å²) in [5.41, 5.74) is -0.165. The predicted octanol–water partition coefficient (Wildman–Crippen LogP) is 1.94. The van der Waals surface area contributed by atoms with Gasteiger partial charge in [0, 0.05) is 10.7 Å². The molecule has 1 heterocycles. The van der Waals surface area contributed by atoms with Crippen molar-refractivity contribution in [2.75, 3.05) is 0 Å². The molecule has 0 radical (unpaired) electrons. The second-order valence-electron chi connectivity index (χ2n) is 2.87. The van der Waals surface area contributed by atoms with Gasteiger partial charge in [0.05, 0.1) is 16.4 Å². The first-order chi connectivity index (χ1) is 6.95. The highest BCUT2D eigenvalue weighted by molar-refractivity contribution is 9.10. The van der Waals surface area contributed by atoms with E-state index in [4.69, 9.17) is 5.11 Å². The summed E-state index contributed by atoms with van der Waals surface area (Å²) in [6.45, 7) is 1.38. The standard InChI is InChI=1S/C8H7BrN2O4/c1-4(8(12)13)7-5(9)2-10-3-6(7)11(14)15/h2-4H,1H3,(H,12,13). The monoisotopic (exact) mass is 274 g/mol. The van der Waals surface area contributed by atoms with Crippen LogP contribution in [0.4, 0.5) is 5.69 Å². The third kappa shape index (κ3) is 2.30. The number of nitrogens with zero attached hydrogens (tertiary/aromatic N) is 2. The smallest absolute Gasteiger partial charge is 0.310 e. The molecule has 0 saturated carbocycles. The van der Waals surface area contributed by atoms with Gasteiger partial charge in [0.25, 0.3) is 5.69 Å². The summed E-state index contributed by atoms with van der Waals surface area (Å²) in [6, 6.07) is 0. The number of hydrogen-bond donors (Lipinski definition) is 1. The van der Waals surface area contributed by atoms with Crippen LogP contribution in [0.2, 0.25) is 0 Å². The predicted molar refractivity (Wildman–Crippen MR) is 54.6 cm³/mol. The van der Waals surface area contributed by atoms with E-state index >= 15 is 0 Å². The fourth-order valence-corrected chi connectivity index (χ4v) is 1.80. The molecule has 0 amide bonds. The Kier molecular flexibility index (Phi) is 3.35. The van der Waals surface area contributed by atoms with Crippen molar-refractivity contribution in [3.63, 3.8) is 0 Å². The molecule has 1 atom stereocenters. The Morgan fingerprint density at radius 1 is 1.67 bits per heavy atom. The average Bonchev–Trinajstić information content (AvgIpc) is 2.16. The first-order valence-electron chi connectivity index (χ1n) is 3.95. The molecule has 0 aliphatic heterocycles. The van der Waals surface area contributed by atoms with E-state index in [-0.39, 0.29) is 11.3 Å². The summed E-state index contributed by atoms with van der Waals surface area (Å²) in [5.74, 6) is -2.08. The molecule has 1 rings (SSSR count). The fourth-order valence-electron chi connectivity index (χ4n) is 1.13. The number of pyridine rings is 1. The summed E-state index contributed by atoms with van der Waals surface area (Å²) < 4.78 is 0.326. The van der Waals surface area contributed by atoms with Gasteiger partial charge in [0.2, 0.25) is 0 Å². The van der Waals surface area contributed by atoms with Gasteiger partial charge in [-0.2, -0.15) is 0 Å². The van der Waals surface area contributed by atoms with E-state index in [1.165, 1.54) is 13.1 Å². The maximum Gasteiger partial charge on any atom is 0.310 e. The maximum atomic E-state index is 10.8.